The fourth-order valence-electron chi connectivity index (χ4n) is 2.21. The maximum atomic E-state index is 13.5. The summed E-state index contributed by atoms with van der Waals surface area (Å²) in [6.45, 7) is 0.727. The third-order valence-corrected chi connectivity index (χ3v) is 3.79. The van der Waals surface area contributed by atoms with Crippen molar-refractivity contribution >= 4 is 35.0 Å². The molecule has 2 aromatic carbocycles. The highest BCUT2D eigenvalue weighted by atomic mass is 35.5. The Morgan fingerprint density at radius 2 is 2.11 bits per heavy atom. The maximum absolute atomic E-state index is 13.5. The van der Waals surface area contributed by atoms with E-state index in [9.17, 15) is 13.6 Å². The molecule has 27 heavy (non-hydrogen) atoms. The van der Waals surface area contributed by atoms with Crippen LogP contribution in [0.1, 0.15) is 18.1 Å². The summed E-state index contributed by atoms with van der Waals surface area (Å²) in [5.74, 6) is 1.46. The zero-order chi connectivity index (χ0) is 20.0. The highest BCUT2D eigenvalue weighted by Gasteiger charge is 2.27. The molecule has 2 aromatic rings. The van der Waals surface area contributed by atoms with Gasteiger partial charge in [-0.25, -0.2) is 14.6 Å². The maximum Gasteiger partial charge on any atom is 0.396 e. The van der Waals surface area contributed by atoms with Crippen molar-refractivity contribution in [2.75, 3.05) is 5.32 Å². The van der Waals surface area contributed by atoms with Crippen molar-refractivity contribution in [1.82, 2.24) is 0 Å². The third kappa shape index (κ3) is 5.33. The largest absolute Gasteiger partial charge is 0.396 e. The second-order valence-corrected chi connectivity index (χ2v) is 5.94. The minimum Gasteiger partial charge on any atom is -0.322 e. The highest BCUT2D eigenvalue weighted by molar-refractivity contribution is 6.31. The molecule has 0 atom stereocenters. The van der Waals surface area contributed by atoms with Crippen LogP contribution in [-0.4, -0.2) is 10.6 Å². The summed E-state index contributed by atoms with van der Waals surface area (Å²) in [5, 5.41) is 14.6. The standard InChI is InChI=1S/C18H14ClF2N5O/c1-18(20,21)15-10-13(6-7-16(15)19)24-17(27)8-5-12-3-2-4-14(9-12)26(11-22)25-23/h2-10,23H,1H3,(H,24,27)/p+1/b8-5+. The van der Waals surface area contributed by atoms with Crippen molar-refractivity contribution in [3.63, 3.8) is 0 Å². The number of nitrogens with one attached hydrogen (secondary N) is 1. The van der Waals surface area contributed by atoms with Crippen LogP contribution in [0.4, 0.5) is 20.2 Å². The van der Waals surface area contributed by atoms with E-state index < -0.39 is 11.8 Å². The van der Waals surface area contributed by atoms with Crippen molar-refractivity contribution in [3.05, 3.63) is 64.7 Å². The summed E-state index contributed by atoms with van der Waals surface area (Å²) >= 11 is 5.77. The molecule has 0 bridgehead atoms. The number of carbonyl (C=O) groups excluding carboxylic acids is 1. The van der Waals surface area contributed by atoms with Crippen LogP contribution in [0.2, 0.25) is 5.02 Å². The Labute approximate surface area is 159 Å². The normalized spacial score (nSPS) is 12.0. The van der Waals surface area contributed by atoms with Gasteiger partial charge in [0.05, 0.1) is 0 Å². The number of hydrogen-bond donors (Lipinski definition) is 2. The summed E-state index contributed by atoms with van der Waals surface area (Å²) < 4.78 is 27.9. The van der Waals surface area contributed by atoms with Crippen molar-refractivity contribution < 1.29 is 18.3 Å². The minimum absolute atomic E-state index is 0.0831. The van der Waals surface area contributed by atoms with Crippen LogP contribution in [0.3, 0.4) is 0 Å². The van der Waals surface area contributed by atoms with Gasteiger partial charge in [0, 0.05) is 39.8 Å². The Bertz CT molecular complexity index is 961. The van der Waals surface area contributed by atoms with E-state index in [2.05, 4.69) is 10.5 Å². The molecule has 138 valence electrons. The molecule has 0 aliphatic rings. The predicted molar refractivity (Wildman–Crippen MR) is 97.3 cm³/mol. The van der Waals surface area contributed by atoms with Gasteiger partial charge in [-0.15, -0.1) is 0 Å². The molecule has 0 radical (unpaired) electrons. The van der Waals surface area contributed by atoms with Gasteiger partial charge in [-0.05, 0) is 42.0 Å². The van der Waals surface area contributed by atoms with Gasteiger partial charge in [0.1, 0.15) is 5.69 Å². The predicted octanol–water partition coefficient (Wildman–Crippen LogP) is 4.55. The van der Waals surface area contributed by atoms with E-state index in [1.807, 2.05) is 0 Å². The molecule has 0 fully saturated rings. The number of nitrogens with two attached hydrogens (primary N) is 1. The fraction of sp³-hybridized carbons (Fsp3) is 0.111. The van der Waals surface area contributed by atoms with Gasteiger partial charge < -0.3 is 5.32 Å². The fourth-order valence-corrected chi connectivity index (χ4v) is 2.49. The first-order chi connectivity index (χ1) is 12.7. The first-order valence-corrected chi connectivity index (χ1v) is 8.00. The zero-order valence-corrected chi connectivity index (χ0v) is 14.9. The Morgan fingerprint density at radius 1 is 1.37 bits per heavy atom. The van der Waals surface area contributed by atoms with E-state index >= 15 is 0 Å². The lowest BCUT2D eigenvalue weighted by Crippen LogP contribution is -2.11. The Kier molecular flexibility index (Phi) is 6.21. The molecule has 0 unspecified atom stereocenters. The molecular weight excluding hydrogens is 376 g/mol. The number of carbonyl (C=O) groups is 1. The molecule has 2 rings (SSSR count). The van der Waals surface area contributed by atoms with E-state index in [1.165, 1.54) is 24.3 Å². The number of rotatable bonds is 5. The highest BCUT2D eigenvalue weighted by Crippen LogP contribution is 2.34. The second-order valence-electron chi connectivity index (χ2n) is 5.53. The number of nitrogens with zero attached hydrogens (tertiary/aromatic N) is 3. The van der Waals surface area contributed by atoms with Crippen molar-refractivity contribution in [3.8, 4) is 6.19 Å². The number of nitriles is 1. The summed E-state index contributed by atoms with van der Waals surface area (Å²) in [7, 11) is 0. The van der Waals surface area contributed by atoms with Crippen LogP contribution >= 0.6 is 11.6 Å². The van der Waals surface area contributed by atoms with Gasteiger partial charge in [-0.2, -0.15) is 0 Å². The van der Waals surface area contributed by atoms with Crippen molar-refractivity contribution in [2.45, 2.75) is 12.8 Å². The average Bonchev–Trinajstić information content (AvgIpc) is 2.62. The van der Waals surface area contributed by atoms with Gasteiger partial charge in [0.2, 0.25) is 5.91 Å². The quantitative estimate of drug-likeness (QED) is 0.149. The van der Waals surface area contributed by atoms with Gasteiger partial charge in [0.25, 0.3) is 5.92 Å². The molecule has 1 amide bonds. The number of benzene rings is 2. The lowest BCUT2D eigenvalue weighted by atomic mass is 10.1. The number of alkyl halides is 2. The molecule has 0 saturated heterocycles. The lowest BCUT2D eigenvalue weighted by molar-refractivity contribution is -0.424. The summed E-state index contributed by atoms with van der Waals surface area (Å²) in [6.07, 6.45) is 4.51. The summed E-state index contributed by atoms with van der Waals surface area (Å²) in [4.78, 5) is 12.0. The van der Waals surface area contributed by atoms with E-state index in [4.69, 9.17) is 22.7 Å². The molecule has 0 saturated carbocycles. The van der Waals surface area contributed by atoms with E-state index in [1.54, 1.807) is 30.5 Å². The SMILES string of the molecule is CC(F)(F)c1cc(NC(=O)/C=C/c2cccc([N+](C#N)=NN)c2)ccc1Cl. The lowest BCUT2D eigenvalue weighted by Gasteiger charge is -2.14. The molecule has 0 aliphatic heterocycles. The molecule has 6 nitrogen and oxygen atoms in total. The summed E-state index contributed by atoms with van der Waals surface area (Å²) in [6, 6.07) is 10.4. The number of halogens is 3. The van der Waals surface area contributed by atoms with E-state index in [-0.39, 0.29) is 16.3 Å². The van der Waals surface area contributed by atoms with Crippen LogP contribution in [-0.2, 0) is 10.7 Å². The van der Waals surface area contributed by atoms with Crippen molar-refractivity contribution in [1.29, 1.82) is 5.26 Å². The Balaban J connectivity index is 2.15. The van der Waals surface area contributed by atoms with Crippen LogP contribution in [0.25, 0.3) is 6.08 Å². The average molecular weight is 391 g/mol. The van der Waals surface area contributed by atoms with E-state index in [0.29, 0.717) is 11.3 Å². The van der Waals surface area contributed by atoms with Crippen LogP contribution in [0.15, 0.2) is 53.8 Å². The first-order valence-electron chi connectivity index (χ1n) is 7.62. The smallest absolute Gasteiger partial charge is 0.322 e. The van der Waals surface area contributed by atoms with Crippen LogP contribution in [0, 0.1) is 11.5 Å². The molecule has 0 aliphatic carbocycles. The van der Waals surface area contributed by atoms with Crippen LogP contribution < -0.4 is 11.2 Å². The molecule has 0 heterocycles. The minimum atomic E-state index is -3.13. The second kappa shape index (κ2) is 8.38. The van der Waals surface area contributed by atoms with Gasteiger partial charge >= 0.3 is 6.19 Å². The van der Waals surface area contributed by atoms with Gasteiger partial charge in [0.15, 0.2) is 0 Å². The Morgan fingerprint density at radius 3 is 2.74 bits per heavy atom. The molecule has 9 heteroatoms. The molecule has 0 aromatic heterocycles. The van der Waals surface area contributed by atoms with Crippen molar-refractivity contribution in [2.24, 2.45) is 11.1 Å². The first kappa shape index (κ1) is 20.0. The third-order valence-electron chi connectivity index (χ3n) is 3.46. The topological polar surface area (TPSA) is 94.3 Å². The monoisotopic (exact) mass is 390 g/mol. The molecule has 0 spiro atoms. The number of anilines is 1. The number of hydrogen-bond acceptors (Lipinski definition) is 3. The zero-order valence-electron chi connectivity index (χ0n) is 14.2. The van der Waals surface area contributed by atoms with E-state index in [0.717, 1.165) is 17.7 Å². The summed E-state index contributed by atoms with van der Waals surface area (Å²) in [5.41, 5.74) is 0.858. The van der Waals surface area contributed by atoms with Gasteiger partial charge in [-0.3, -0.25) is 4.79 Å². The Hall–Kier alpha value is -3.31. The molecular formula is C18H15ClF2N5O+. The number of amides is 1. The molecule has 3 N–H and O–H groups in total. The van der Waals surface area contributed by atoms with Crippen LogP contribution in [0.5, 0.6) is 0 Å². The van der Waals surface area contributed by atoms with Gasteiger partial charge in [-0.1, -0.05) is 28.4 Å².